The molecule has 1 heteroatoms. The molecule has 1 unspecified atom stereocenters. The Morgan fingerprint density at radius 2 is 1.89 bits per heavy atom. The van der Waals surface area contributed by atoms with E-state index in [-0.39, 0.29) is 0 Å². The van der Waals surface area contributed by atoms with Gasteiger partial charge in [0.15, 0.2) is 0 Å². The van der Waals surface area contributed by atoms with Crippen LogP contribution < -0.4 is 5.32 Å². The van der Waals surface area contributed by atoms with Gasteiger partial charge in [-0.25, -0.2) is 0 Å². The number of rotatable bonds is 9. The lowest BCUT2D eigenvalue weighted by Crippen LogP contribution is -2.20. The summed E-state index contributed by atoms with van der Waals surface area (Å²) >= 11 is 0. The van der Waals surface area contributed by atoms with Crippen molar-refractivity contribution in [1.82, 2.24) is 5.32 Å². The van der Waals surface area contributed by atoms with E-state index in [1.54, 1.807) is 0 Å². The monoisotopic (exact) mass is 245 g/mol. The molecule has 1 aromatic rings. The maximum atomic E-state index is 3.77. The van der Waals surface area contributed by atoms with Gasteiger partial charge < -0.3 is 5.32 Å². The van der Waals surface area contributed by atoms with E-state index in [1.807, 2.05) is 6.08 Å². The zero-order chi connectivity index (χ0) is 13.2. The molecule has 0 radical (unpaired) electrons. The highest BCUT2D eigenvalue weighted by atomic mass is 14.9. The zero-order valence-corrected chi connectivity index (χ0v) is 11.9. The summed E-state index contributed by atoms with van der Waals surface area (Å²) in [6.07, 6.45) is 8.27. The Labute approximate surface area is 112 Å². The molecule has 100 valence electrons. The summed E-state index contributed by atoms with van der Waals surface area (Å²) in [6.45, 7) is 9.12. The number of nitrogens with one attached hydrogen (secondary N) is 1. The first-order valence-electron chi connectivity index (χ1n) is 7.18. The van der Waals surface area contributed by atoms with Crippen molar-refractivity contribution in [1.29, 1.82) is 0 Å². The van der Waals surface area contributed by atoms with E-state index in [1.165, 1.54) is 36.8 Å². The van der Waals surface area contributed by atoms with Crippen LogP contribution in [0.4, 0.5) is 0 Å². The van der Waals surface area contributed by atoms with Gasteiger partial charge in [-0.05, 0) is 38.3 Å². The predicted octanol–water partition coefficient (Wildman–Crippen LogP) is 4.78. The molecule has 1 rings (SSSR count). The van der Waals surface area contributed by atoms with E-state index < -0.39 is 0 Å². The fourth-order valence-electron chi connectivity index (χ4n) is 2.25. The Morgan fingerprint density at radius 1 is 1.17 bits per heavy atom. The predicted molar refractivity (Wildman–Crippen MR) is 80.9 cm³/mol. The second-order valence-corrected chi connectivity index (χ2v) is 4.95. The topological polar surface area (TPSA) is 12.0 Å². The smallest absolute Gasteiger partial charge is 0.0320 e. The summed E-state index contributed by atoms with van der Waals surface area (Å²) in [5, 5.41) is 3.59. The molecule has 0 spiro atoms. The first-order valence-corrected chi connectivity index (χ1v) is 7.18. The lowest BCUT2D eigenvalue weighted by atomic mass is 9.99. The van der Waals surface area contributed by atoms with E-state index in [0.717, 1.165) is 13.0 Å². The first kappa shape index (κ1) is 15.0. The minimum Gasteiger partial charge on any atom is -0.310 e. The van der Waals surface area contributed by atoms with Crippen LogP contribution in [0.5, 0.6) is 0 Å². The zero-order valence-electron chi connectivity index (χ0n) is 11.9. The number of hydrogen-bond acceptors (Lipinski definition) is 1. The summed E-state index contributed by atoms with van der Waals surface area (Å²) in [7, 11) is 0. The second-order valence-electron chi connectivity index (χ2n) is 4.95. The molecule has 0 heterocycles. The molecule has 0 aliphatic rings. The molecular formula is C17H27N. The lowest BCUT2D eigenvalue weighted by Gasteiger charge is -2.18. The van der Waals surface area contributed by atoms with Crippen molar-refractivity contribution in [2.45, 2.75) is 52.0 Å². The molecule has 1 aromatic carbocycles. The number of unbranched alkanes of at least 4 members (excludes halogenated alkanes) is 3. The minimum atomic E-state index is 0.513. The normalized spacial score (nSPS) is 12.3. The molecular weight excluding hydrogens is 218 g/mol. The molecule has 0 aliphatic carbocycles. The fraction of sp³-hybridized carbons (Fsp3) is 0.529. The number of hydrogen-bond donors (Lipinski definition) is 1. The Bertz CT molecular complexity index is 326. The highest BCUT2D eigenvalue weighted by Crippen LogP contribution is 2.20. The van der Waals surface area contributed by atoms with Crippen molar-refractivity contribution in [3.05, 3.63) is 48.0 Å². The number of aryl methyl sites for hydroxylation is 1. The SMILES string of the molecule is C=CCCCCCC(NCC)c1ccc(C)cc1. The quantitative estimate of drug-likeness (QED) is 0.487. The summed E-state index contributed by atoms with van der Waals surface area (Å²) in [6, 6.07) is 9.44. The van der Waals surface area contributed by atoms with Gasteiger partial charge in [-0.2, -0.15) is 0 Å². The molecule has 0 fully saturated rings. The van der Waals surface area contributed by atoms with Gasteiger partial charge in [-0.1, -0.05) is 55.7 Å². The molecule has 1 N–H and O–H groups in total. The summed E-state index contributed by atoms with van der Waals surface area (Å²) in [5.74, 6) is 0. The molecule has 0 saturated heterocycles. The van der Waals surface area contributed by atoms with Gasteiger partial charge in [0, 0.05) is 6.04 Å². The molecule has 0 aromatic heterocycles. The third-order valence-electron chi connectivity index (χ3n) is 3.33. The van der Waals surface area contributed by atoms with Gasteiger partial charge in [0.25, 0.3) is 0 Å². The van der Waals surface area contributed by atoms with Gasteiger partial charge in [-0.3, -0.25) is 0 Å². The van der Waals surface area contributed by atoms with Crippen LogP contribution in [-0.4, -0.2) is 6.54 Å². The van der Waals surface area contributed by atoms with Crippen LogP contribution >= 0.6 is 0 Å². The van der Waals surface area contributed by atoms with E-state index in [4.69, 9.17) is 0 Å². The molecule has 18 heavy (non-hydrogen) atoms. The van der Waals surface area contributed by atoms with Crippen LogP contribution in [0.15, 0.2) is 36.9 Å². The molecule has 0 bridgehead atoms. The minimum absolute atomic E-state index is 0.513. The molecule has 0 saturated carbocycles. The van der Waals surface area contributed by atoms with Crippen molar-refractivity contribution in [3.8, 4) is 0 Å². The van der Waals surface area contributed by atoms with Crippen LogP contribution in [0.2, 0.25) is 0 Å². The molecule has 1 atom stereocenters. The van der Waals surface area contributed by atoms with Crippen molar-refractivity contribution in [3.63, 3.8) is 0 Å². The average molecular weight is 245 g/mol. The second kappa shape index (κ2) is 8.93. The summed E-state index contributed by atoms with van der Waals surface area (Å²) in [5.41, 5.74) is 2.76. The lowest BCUT2D eigenvalue weighted by molar-refractivity contribution is 0.483. The van der Waals surface area contributed by atoms with Crippen LogP contribution in [-0.2, 0) is 0 Å². The van der Waals surface area contributed by atoms with Gasteiger partial charge in [0.05, 0.1) is 0 Å². The van der Waals surface area contributed by atoms with Crippen molar-refractivity contribution in [2.24, 2.45) is 0 Å². The van der Waals surface area contributed by atoms with Crippen LogP contribution in [0.1, 0.15) is 56.2 Å². The Balaban J connectivity index is 2.43. The molecule has 0 amide bonds. The fourth-order valence-corrected chi connectivity index (χ4v) is 2.25. The largest absolute Gasteiger partial charge is 0.310 e. The van der Waals surface area contributed by atoms with Crippen molar-refractivity contribution in [2.75, 3.05) is 6.54 Å². The maximum Gasteiger partial charge on any atom is 0.0320 e. The maximum absolute atomic E-state index is 3.77. The number of benzene rings is 1. The number of allylic oxidation sites excluding steroid dienone is 1. The standard InChI is InChI=1S/C17H27N/c1-4-6-7-8-9-10-17(18-5-2)16-13-11-15(3)12-14-16/h4,11-14,17-18H,1,5-10H2,2-3H3. The van der Waals surface area contributed by atoms with Crippen LogP contribution in [0, 0.1) is 6.92 Å². The molecule has 0 aliphatic heterocycles. The highest BCUT2D eigenvalue weighted by Gasteiger charge is 2.09. The van der Waals surface area contributed by atoms with Gasteiger partial charge >= 0.3 is 0 Å². The van der Waals surface area contributed by atoms with E-state index in [9.17, 15) is 0 Å². The van der Waals surface area contributed by atoms with E-state index >= 15 is 0 Å². The Morgan fingerprint density at radius 3 is 2.50 bits per heavy atom. The first-order chi connectivity index (χ1) is 8.77. The van der Waals surface area contributed by atoms with Crippen LogP contribution in [0.25, 0.3) is 0 Å². The third kappa shape index (κ3) is 5.50. The molecule has 1 nitrogen and oxygen atoms in total. The Kier molecular flexibility index (Phi) is 7.43. The third-order valence-corrected chi connectivity index (χ3v) is 3.33. The van der Waals surface area contributed by atoms with Crippen molar-refractivity contribution >= 4 is 0 Å². The van der Waals surface area contributed by atoms with E-state index in [0.29, 0.717) is 6.04 Å². The highest BCUT2D eigenvalue weighted by molar-refractivity contribution is 5.24. The van der Waals surface area contributed by atoms with E-state index in [2.05, 4.69) is 50.0 Å². The van der Waals surface area contributed by atoms with Crippen molar-refractivity contribution < 1.29 is 0 Å². The van der Waals surface area contributed by atoms with Gasteiger partial charge in [-0.15, -0.1) is 6.58 Å². The average Bonchev–Trinajstić information content (AvgIpc) is 2.38. The van der Waals surface area contributed by atoms with Gasteiger partial charge in [0.1, 0.15) is 0 Å². The summed E-state index contributed by atoms with van der Waals surface area (Å²) < 4.78 is 0. The van der Waals surface area contributed by atoms with Crippen LogP contribution in [0.3, 0.4) is 0 Å². The Hall–Kier alpha value is -1.08. The van der Waals surface area contributed by atoms with Gasteiger partial charge in [0.2, 0.25) is 0 Å². The summed E-state index contributed by atoms with van der Waals surface area (Å²) in [4.78, 5) is 0.